The second-order valence-corrected chi connectivity index (χ2v) is 4.70. The fourth-order valence-corrected chi connectivity index (χ4v) is 1.52. The molecule has 0 atom stereocenters. The molecule has 1 heterocycles. The van der Waals surface area contributed by atoms with Crippen molar-refractivity contribution in [3.8, 4) is 0 Å². The monoisotopic (exact) mass is 224 g/mol. The van der Waals surface area contributed by atoms with Crippen molar-refractivity contribution in [2.75, 3.05) is 14.1 Å². The topological polar surface area (TPSA) is 45.5 Å². The van der Waals surface area contributed by atoms with E-state index in [-0.39, 0.29) is 5.91 Å². The first-order valence-corrected chi connectivity index (χ1v) is 5.34. The molecule has 1 N–H and O–H groups in total. The predicted octanol–water partition coefficient (Wildman–Crippen LogP) is 1.54. The minimum atomic E-state index is -0.581. The standard InChI is InChI=1S/C12H20N2O2/c1-9-6-7-16-10(9)8-13-12(2,3)11(15)14(4)5/h6-7,13H,8H2,1-5H3. The molecule has 1 aromatic rings. The third kappa shape index (κ3) is 2.85. The maximum Gasteiger partial charge on any atom is 0.241 e. The quantitative estimate of drug-likeness (QED) is 0.844. The highest BCUT2D eigenvalue weighted by Gasteiger charge is 2.28. The van der Waals surface area contributed by atoms with Gasteiger partial charge in [-0.2, -0.15) is 0 Å². The number of rotatable bonds is 4. The average molecular weight is 224 g/mol. The van der Waals surface area contributed by atoms with E-state index in [1.807, 2.05) is 26.8 Å². The Hall–Kier alpha value is -1.29. The summed E-state index contributed by atoms with van der Waals surface area (Å²) in [6, 6.07) is 1.91. The van der Waals surface area contributed by atoms with Crippen molar-refractivity contribution in [2.45, 2.75) is 32.9 Å². The van der Waals surface area contributed by atoms with Gasteiger partial charge in [-0.25, -0.2) is 0 Å². The number of furan rings is 1. The number of carbonyl (C=O) groups is 1. The SMILES string of the molecule is Cc1ccoc1CNC(C)(C)C(=O)N(C)C. The Labute approximate surface area is 96.6 Å². The summed E-state index contributed by atoms with van der Waals surface area (Å²) >= 11 is 0. The fraction of sp³-hybridized carbons (Fsp3) is 0.583. The first kappa shape index (κ1) is 12.8. The summed E-state index contributed by atoms with van der Waals surface area (Å²) in [5, 5.41) is 3.20. The van der Waals surface area contributed by atoms with E-state index in [1.54, 1.807) is 25.3 Å². The molecule has 4 heteroatoms. The van der Waals surface area contributed by atoms with Gasteiger partial charge in [0.1, 0.15) is 5.76 Å². The van der Waals surface area contributed by atoms with Crippen molar-refractivity contribution in [3.05, 3.63) is 23.7 Å². The molecular weight excluding hydrogens is 204 g/mol. The number of hydrogen-bond acceptors (Lipinski definition) is 3. The van der Waals surface area contributed by atoms with Crippen LogP contribution in [0.25, 0.3) is 0 Å². The molecule has 4 nitrogen and oxygen atoms in total. The zero-order chi connectivity index (χ0) is 12.3. The molecule has 90 valence electrons. The molecule has 0 unspecified atom stereocenters. The van der Waals surface area contributed by atoms with E-state index in [1.165, 1.54) is 0 Å². The lowest BCUT2D eigenvalue weighted by atomic mass is 10.0. The van der Waals surface area contributed by atoms with Crippen LogP contribution in [-0.2, 0) is 11.3 Å². The summed E-state index contributed by atoms with van der Waals surface area (Å²) in [6.07, 6.45) is 1.66. The molecule has 0 saturated heterocycles. The first-order valence-electron chi connectivity index (χ1n) is 5.34. The smallest absolute Gasteiger partial charge is 0.241 e. The second-order valence-electron chi connectivity index (χ2n) is 4.70. The third-order valence-corrected chi connectivity index (χ3v) is 2.60. The highest BCUT2D eigenvalue weighted by molar-refractivity contribution is 5.85. The van der Waals surface area contributed by atoms with Gasteiger partial charge < -0.3 is 9.32 Å². The van der Waals surface area contributed by atoms with Crippen LogP contribution in [0.2, 0.25) is 0 Å². The summed E-state index contributed by atoms with van der Waals surface area (Å²) in [7, 11) is 3.51. The Morgan fingerprint density at radius 1 is 1.50 bits per heavy atom. The fourth-order valence-electron chi connectivity index (χ4n) is 1.52. The second kappa shape index (κ2) is 4.70. The highest BCUT2D eigenvalue weighted by atomic mass is 16.3. The molecular formula is C12H20N2O2. The van der Waals surface area contributed by atoms with E-state index in [0.29, 0.717) is 6.54 Å². The number of nitrogens with zero attached hydrogens (tertiary/aromatic N) is 1. The van der Waals surface area contributed by atoms with E-state index < -0.39 is 5.54 Å². The lowest BCUT2D eigenvalue weighted by Crippen LogP contribution is -2.51. The predicted molar refractivity (Wildman–Crippen MR) is 63.1 cm³/mol. The molecule has 0 spiro atoms. The van der Waals surface area contributed by atoms with E-state index in [4.69, 9.17) is 4.42 Å². The normalized spacial score (nSPS) is 11.6. The molecule has 0 aromatic carbocycles. The van der Waals surface area contributed by atoms with Gasteiger partial charge >= 0.3 is 0 Å². The van der Waals surface area contributed by atoms with Crippen LogP contribution in [-0.4, -0.2) is 30.4 Å². The van der Waals surface area contributed by atoms with Gasteiger partial charge in [-0.1, -0.05) is 0 Å². The molecule has 1 rings (SSSR count). The number of hydrogen-bond donors (Lipinski definition) is 1. The zero-order valence-corrected chi connectivity index (χ0v) is 10.6. The van der Waals surface area contributed by atoms with Gasteiger partial charge in [-0.05, 0) is 32.4 Å². The maximum atomic E-state index is 11.8. The molecule has 0 aliphatic rings. The summed E-state index contributed by atoms with van der Waals surface area (Å²) in [6.45, 7) is 6.29. The molecule has 16 heavy (non-hydrogen) atoms. The molecule has 0 aliphatic heterocycles. The summed E-state index contributed by atoms with van der Waals surface area (Å²) in [5.41, 5.74) is 0.517. The summed E-state index contributed by atoms with van der Waals surface area (Å²) in [4.78, 5) is 13.4. The van der Waals surface area contributed by atoms with E-state index in [2.05, 4.69) is 5.32 Å². The van der Waals surface area contributed by atoms with Crippen LogP contribution in [0.4, 0.5) is 0 Å². The van der Waals surface area contributed by atoms with Gasteiger partial charge in [0.05, 0.1) is 18.3 Å². The van der Waals surface area contributed by atoms with Crippen molar-refractivity contribution in [2.24, 2.45) is 0 Å². The van der Waals surface area contributed by atoms with Gasteiger partial charge in [-0.15, -0.1) is 0 Å². The van der Waals surface area contributed by atoms with E-state index in [9.17, 15) is 4.79 Å². The summed E-state index contributed by atoms with van der Waals surface area (Å²) in [5.74, 6) is 0.927. The number of aryl methyl sites for hydroxylation is 1. The van der Waals surface area contributed by atoms with Crippen LogP contribution >= 0.6 is 0 Å². The Bertz CT molecular complexity index is 367. The van der Waals surface area contributed by atoms with Crippen LogP contribution in [0.1, 0.15) is 25.2 Å². The van der Waals surface area contributed by atoms with Crippen molar-refractivity contribution in [1.29, 1.82) is 0 Å². The lowest BCUT2D eigenvalue weighted by Gasteiger charge is -2.28. The Morgan fingerprint density at radius 2 is 2.12 bits per heavy atom. The molecule has 0 saturated carbocycles. The van der Waals surface area contributed by atoms with E-state index >= 15 is 0 Å². The first-order chi connectivity index (χ1) is 7.34. The number of likely N-dealkylation sites (N-methyl/N-ethyl adjacent to an activating group) is 1. The third-order valence-electron chi connectivity index (χ3n) is 2.60. The zero-order valence-electron chi connectivity index (χ0n) is 10.6. The largest absolute Gasteiger partial charge is 0.468 e. The van der Waals surface area contributed by atoms with Crippen molar-refractivity contribution >= 4 is 5.91 Å². The van der Waals surface area contributed by atoms with Gasteiger partial charge in [0.25, 0.3) is 0 Å². The van der Waals surface area contributed by atoms with Crippen molar-refractivity contribution in [3.63, 3.8) is 0 Å². The van der Waals surface area contributed by atoms with Gasteiger partial charge in [-0.3, -0.25) is 10.1 Å². The van der Waals surface area contributed by atoms with Gasteiger partial charge in [0, 0.05) is 14.1 Å². The minimum Gasteiger partial charge on any atom is -0.468 e. The van der Waals surface area contributed by atoms with Gasteiger partial charge in [0.15, 0.2) is 0 Å². The van der Waals surface area contributed by atoms with Gasteiger partial charge in [0.2, 0.25) is 5.91 Å². The van der Waals surface area contributed by atoms with Crippen LogP contribution in [0, 0.1) is 6.92 Å². The minimum absolute atomic E-state index is 0.0525. The molecule has 0 fully saturated rings. The molecule has 1 aromatic heterocycles. The maximum absolute atomic E-state index is 11.8. The Balaban J connectivity index is 2.61. The molecule has 0 aliphatic carbocycles. The van der Waals surface area contributed by atoms with Crippen LogP contribution in [0.5, 0.6) is 0 Å². The molecule has 1 amide bonds. The average Bonchev–Trinajstić information content (AvgIpc) is 2.60. The molecule has 0 bridgehead atoms. The Morgan fingerprint density at radius 3 is 2.56 bits per heavy atom. The Kier molecular flexibility index (Phi) is 3.75. The van der Waals surface area contributed by atoms with Crippen LogP contribution in [0.15, 0.2) is 16.7 Å². The lowest BCUT2D eigenvalue weighted by molar-refractivity contribution is -0.134. The van der Waals surface area contributed by atoms with E-state index in [0.717, 1.165) is 11.3 Å². The number of nitrogens with one attached hydrogen (secondary N) is 1. The number of carbonyl (C=O) groups excluding carboxylic acids is 1. The summed E-state index contributed by atoms with van der Waals surface area (Å²) < 4.78 is 5.31. The van der Waals surface area contributed by atoms with Crippen molar-refractivity contribution in [1.82, 2.24) is 10.2 Å². The number of amides is 1. The van der Waals surface area contributed by atoms with Crippen molar-refractivity contribution < 1.29 is 9.21 Å². The molecule has 0 radical (unpaired) electrons. The van der Waals surface area contributed by atoms with Crippen LogP contribution in [0.3, 0.4) is 0 Å². The highest BCUT2D eigenvalue weighted by Crippen LogP contribution is 2.12. The van der Waals surface area contributed by atoms with Crippen LogP contribution < -0.4 is 5.32 Å².